The van der Waals surface area contributed by atoms with Crippen LogP contribution in [0.4, 0.5) is 0 Å². The van der Waals surface area contributed by atoms with Gasteiger partial charge in [0.05, 0.1) is 13.2 Å². The lowest BCUT2D eigenvalue weighted by Gasteiger charge is -2.29. The van der Waals surface area contributed by atoms with E-state index in [0.29, 0.717) is 12.0 Å². The molecule has 0 radical (unpaired) electrons. The Balaban J connectivity index is 1.86. The molecule has 1 atom stereocenters. The summed E-state index contributed by atoms with van der Waals surface area (Å²) in [6, 6.07) is 4.23. The zero-order valence-corrected chi connectivity index (χ0v) is 13.5. The molecule has 0 spiro atoms. The first-order chi connectivity index (χ1) is 9.78. The molecule has 4 heteroatoms. The summed E-state index contributed by atoms with van der Waals surface area (Å²) in [7, 11) is 1.71. The summed E-state index contributed by atoms with van der Waals surface area (Å²) in [6.07, 6.45) is 6.47. The van der Waals surface area contributed by atoms with Gasteiger partial charge in [-0.15, -0.1) is 0 Å². The van der Waals surface area contributed by atoms with Crippen LogP contribution < -0.4 is 14.8 Å². The molecular formula is C16H22BrNO2. The van der Waals surface area contributed by atoms with Crippen LogP contribution in [0.2, 0.25) is 0 Å². The standard InChI is InChI=1S/C16H22BrNO2/c1-19-15-9-14(17)13(11-4-3-7-18-10-11)8-16(15)20-12-5-2-6-12/h8-9,11-12,18H,2-7,10H2,1H3. The summed E-state index contributed by atoms with van der Waals surface area (Å²) in [4.78, 5) is 0. The number of hydrogen-bond donors (Lipinski definition) is 1. The molecule has 1 aromatic carbocycles. The fourth-order valence-corrected chi connectivity index (χ4v) is 3.55. The fourth-order valence-electron chi connectivity index (χ4n) is 2.90. The maximum absolute atomic E-state index is 6.09. The van der Waals surface area contributed by atoms with Crippen LogP contribution in [0.25, 0.3) is 0 Å². The van der Waals surface area contributed by atoms with Crippen LogP contribution in [0.15, 0.2) is 16.6 Å². The first kappa shape index (κ1) is 14.2. The Morgan fingerprint density at radius 1 is 1.15 bits per heavy atom. The Labute approximate surface area is 129 Å². The predicted octanol–water partition coefficient (Wildman–Crippen LogP) is 3.86. The van der Waals surface area contributed by atoms with Crippen LogP contribution in [0.1, 0.15) is 43.6 Å². The molecule has 1 aliphatic carbocycles. The van der Waals surface area contributed by atoms with Crippen LogP contribution in [0.5, 0.6) is 11.5 Å². The predicted molar refractivity (Wildman–Crippen MR) is 83.8 cm³/mol. The Kier molecular flexibility index (Phi) is 4.51. The highest BCUT2D eigenvalue weighted by molar-refractivity contribution is 9.10. The molecule has 20 heavy (non-hydrogen) atoms. The van der Waals surface area contributed by atoms with Crippen molar-refractivity contribution in [3.63, 3.8) is 0 Å². The van der Waals surface area contributed by atoms with Gasteiger partial charge in [-0.05, 0) is 62.3 Å². The molecule has 1 saturated heterocycles. The van der Waals surface area contributed by atoms with Gasteiger partial charge in [-0.3, -0.25) is 0 Å². The third kappa shape index (κ3) is 2.96. The van der Waals surface area contributed by atoms with Gasteiger partial charge in [0.15, 0.2) is 11.5 Å². The van der Waals surface area contributed by atoms with E-state index in [1.54, 1.807) is 7.11 Å². The number of nitrogens with one attached hydrogen (secondary N) is 1. The minimum Gasteiger partial charge on any atom is -0.493 e. The molecule has 2 fully saturated rings. The van der Waals surface area contributed by atoms with Crippen LogP contribution >= 0.6 is 15.9 Å². The molecule has 3 rings (SSSR count). The maximum atomic E-state index is 6.09. The van der Waals surface area contributed by atoms with E-state index in [-0.39, 0.29) is 0 Å². The third-order valence-corrected chi connectivity index (χ3v) is 5.05. The van der Waals surface area contributed by atoms with Crippen molar-refractivity contribution in [1.82, 2.24) is 5.32 Å². The van der Waals surface area contributed by atoms with Crippen molar-refractivity contribution < 1.29 is 9.47 Å². The highest BCUT2D eigenvalue weighted by Crippen LogP contribution is 2.40. The number of benzene rings is 1. The van der Waals surface area contributed by atoms with Crippen LogP contribution in [0.3, 0.4) is 0 Å². The Bertz CT molecular complexity index is 468. The van der Waals surface area contributed by atoms with Crippen LogP contribution in [-0.4, -0.2) is 26.3 Å². The van der Waals surface area contributed by atoms with Crippen molar-refractivity contribution >= 4 is 15.9 Å². The molecule has 3 nitrogen and oxygen atoms in total. The van der Waals surface area contributed by atoms with E-state index in [2.05, 4.69) is 33.4 Å². The molecule has 2 aliphatic rings. The van der Waals surface area contributed by atoms with Crippen molar-refractivity contribution in [2.24, 2.45) is 0 Å². The Morgan fingerprint density at radius 2 is 2.00 bits per heavy atom. The highest BCUT2D eigenvalue weighted by atomic mass is 79.9. The Hall–Kier alpha value is -0.740. The smallest absolute Gasteiger partial charge is 0.161 e. The molecule has 0 bridgehead atoms. The lowest BCUT2D eigenvalue weighted by atomic mass is 9.91. The number of methoxy groups -OCH3 is 1. The zero-order valence-electron chi connectivity index (χ0n) is 12.0. The van der Waals surface area contributed by atoms with Crippen molar-refractivity contribution in [1.29, 1.82) is 0 Å². The number of piperidine rings is 1. The molecule has 0 amide bonds. The zero-order chi connectivity index (χ0) is 13.9. The minimum atomic E-state index is 0.377. The molecular weight excluding hydrogens is 318 g/mol. The Morgan fingerprint density at radius 3 is 2.60 bits per heavy atom. The second-order valence-electron chi connectivity index (χ2n) is 5.74. The topological polar surface area (TPSA) is 30.5 Å². The van der Waals surface area contributed by atoms with Gasteiger partial charge in [0, 0.05) is 11.0 Å². The summed E-state index contributed by atoms with van der Waals surface area (Å²) in [5.74, 6) is 2.30. The van der Waals surface area contributed by atoms with E-state index < -0.39 is 0 Å². The van der Waals surface area contributed by atoms with Crippen molar-refractivity contribution in [3.05, 3.63) is 22.2 Å². The molecule has 1 aromatic rings. The normalized spacial score (nSPS) is 23.2. The molecule has 110 valence electrons. The van der Waals surface area contributed by atoms with Gasteiger partial charge in [-0.2, -0.15) is 0 Å². The highest BCUT2D eigenvalue weighted by Gasteiger charge is 2.24. The number of rotatable bonds is 4. The molecule has 1 N–H and O–H groups in total. The van der Waals surface area contributed by atoms with Gasteiger partial charge in [0.2, 0.25) is 0 Å². The first-order valence-electron chi connectivity index (χ1n) is 7.52. The van der Waals surface area contributed by atoms with E-state index in [9.17, 15) is 0 Å². The summed E-state index contributed by atoms with van der Waals surface area (Å²) in [6.45, 7) is 2.18. The SMILES string of the molecule is COc1cc(Br)c(C2CCCNC2)cc1OC1CCC1. The van der Waals surface area contributed by atoms with Gasteiger partial charge >= 0.3 is 0 Å². The summed E-state index contributed by atoms with van der Waals surface area (Å²) < 4.78 is 12.7. The van der Waals surface area contributed by atoms with Crippen molar-refractivity contribution in [3.8, 4) is 11.5 Å². The number of halogens is 1. The monoisotopic (exact) mass is 339 g/mol. The number of hydrogen-bond acceptors (Lipinski definition) is 3. The number of ether oxygens (including phenoxy) is 2. The van der Waals surface area contributed by atoms with E-state index in [0.717, 1.165) is 29.1 Å². The molecule has 1 saturated carbocycles. The summed E-state index contributed by atoms with van der Waals surface area (Å²) >= 11 is 3.69. The second kappa shape index (κ2) is 6.35. The lowest BCUT2D eigenvalue weighted by Crippen LogP contribution is -2.29. The summed E-state index contributed by atoms with van der Waals surface area (Å²) in [5.41, 5.74) is 1.34. The quantitative estimate of drug-likeness (QED) is 0.903. The van der Waals surface area contributed by atoms with Gasteiger partial charge < -0.3 is 14.8 Å². The molecule has 1 unspecified atom stereocenters. The largest absolute Gasteiger partial charge is 0.493 e. The minimum absolute atomic E-state index is 0.377. The van der Waals surface area contributed by atoms with Crippen molar-refractivity contribution in [2.75, 3.05) is 20.2 Å². The van der Waals surface area contributed by atoms with Gasteiger partial charge in [0.25, 0.3) is 0 Å². The maximum Gasteiger partial charge on any atom is 0.161 e. The van der Waals surface area contributed by atoms with E-state index in [1.165, 1.54) is 37.7 Å². The van der Waals surface area contributed by atoms with Gasteiger partial charge in [0.1, 0.15) is 0 Å². The average molecular weight is 340 g/mol. The second-order valence-corrected chi connectivity index (χ2v) is 6.59. The average Bonchev–Trinajstić information content (AvgIpc) is 2.44. The molecule has 1 aliphatic heterocycles. The van der Waals surface area contributed by atoms with Crippen LogP contribution in [-0.2, 0) is 0 Å². The fraction of sp³-hybridized carbons (Fsp3) is 0.625. The molecule has 0 aromatic heterocycles. The van der Waals surface area contributed by atoms with Gasteiger partial charge in [-0.25, -0.2) is 0 Å². The summed E-state index contributed by atoms with van der Waals surface area (Å²) in [5, 5.41) is 3.48. The van der Waals surface area contributed by atoms with Crippen molar-refractivity contribution in [2.45, 2.75) is 44.1 Å². The van der Waals surface area contributed by atoms with E-state index >= 15 is 0 Å². The third-order valence-electron chi connectivity index (χ3n) is 4.37. The van der Waals surface area contributed by atoms with Crippen LogP contribution in [0, 0.1) is 0 Å². The van der Waals surface area contributed by atoms with Gasteiger partial charge in [-0.1, -0.05) is 15.9 Å². The van der Waals surface area contributed by atoms with E-state index in [4.69, 9.17) is 9.47 Å². The first-order valence-corrected chi connectivity index (χ1v) is 8.32. The van der Waals surface area contributed by atoms with E-state index in [1.807, 2.05) is 0 Å². The molecule has 1 heterocycles. The lowest BCUT2D eigenvalue weighted by molar-refractivity contribution is 0.116.